The summed E-state index contributed by atoms with van der Waals surface area (Å²) in [4.78, 5) is 25.7. The van der Waals surface area contributed by atoms with Crippen molar-refractivity contribution in [3.63, 3.8) is 0 Å². The van der Waals surface area contributed by atoms with Crippen molar-refractivity contribution in [2.45, 2.75) is 27.2 Å². The third kappa shape index (κ3) is 5.14. The molecule has 0 bridgehead atoms. The van der Waals surface area contributed by atoms with Crippen LogP contribution < -0.4 is 10.2 Å². The normalized spacial score (nSPS) is 10.4. The Labute approximate surface area is 147 Å². The van der Waals surface area contributed by atoms with E-state index in [0.29, 0.717) is 13.0 Å². The zero-order chi connectivity index (χ0) is 18.4. The molecule has 2 aromatic rings. The van der Waals surface area contributed by atoms with Crippen LogP contribution in [0, 0.1) is 19.7 Å². The molecular weight excluding hydrogens is 319 g/mol. The molecule has 1 N–H and O–H groups in total. The van der Waals surface area contributed by atoms with Gasteiger partial charge in [-0.05, 0) is 55.2 Å². The lowest BCUT2D eigenvalue weighted by Crippen LogP contribution is -2.40. The van der Waals surface area contributed by atoms with Gasteiger partial charge in [-0.15, -0.1) is 0 Å². The Bertz CT molecular complexity index is 757. The van der Waals surface area contributed by atoms with Gasteiger partial charge in [0.25, 0.3) is 0 Å². The number of hydrogen-bond donors (Lipinski definition) is 1. The molecule has 2 aromatic carbocycles. The van der Waals surface area contributed by atoms with Gasteiger partial charge in [-0.3, -0.25) is 9.59 Å². The molecule has 0 unspecified atom stereocenters. The van der Waals surface area contributed by atoms with Gasteiger partial charge in [-0.25, -0.2) is 4.39 Å². The molecule has 0 aromatic heterocycles. The second-order valence-corrected chi connectivity index (χ2v) is 6.05. The van der Waals surface area contributed by atoms with Crippen LogP contribution in [-0.4, -0.2) is 24.9 Å². The van der Waals surface area contributed by atoms with E-state index in [4.69, 9.17) is 0 Å². The van der Waals surface area contributed by atoms with Crippen molar-refractivity contribution in [3.05, 3.63) is 65.0 Å². The average Bonchev–Trinajstić information content (AvgIpc) is 2.57. The number of rotatable bonds is 6. The number of nitrogens with zero attached hydrogens (tertiary/aromatic N) is 1. The molecule has 0 radical (unpaired) electrons. The maximum absolute atomic E-state index is 12.9. The number of carbonyl (C=O) groups excluding carboxylic acids is 2. The van der Waals surface area contributed by atoms with Crippen LogP contribution in [0.15, 0.2) is 42.5 Å². The van der Waals surface area contributed by atoms with Crippen molar-refractivity contribution in [2.24, 2.45) is 0 Å². The first kappa shape index (κ1) is 18.6. The van der Waals surface area contributed by atoms with Crippen LogP contribution in [0.5, 0.6) is 0 Å². The quantitative estimate of drug-likeness (QED) is 0.877. The summed E-state index contributed by atoms with van der Waals surface area (Å²) in [5.74, 6) is -0.681. The predicted octanol–water partition coefficient (Wildman–Crippen LogP) is 3.15. The van der Waals surface area contributed by atoms with Crippen molar-refractivity contribution in [1.82, 2.24) is 5.32 Å². The highest BCUT2D eigenvalue weighted by Gasteiger charge is 2.17. The summed E-state index contributed by atoms with van der Waals surface area (Å²) in [7, 11) is 0. The molecule has 2 amide bonds. The summed E-state index contributed by atoms with van der Waals surface area (Å²) >= 11 is 0. The van der Waals surface area contributed by atoms with Crippen LogP contribution in [0.4, 0.5) is 10.1 Å². The molecule has 132 valence electrons. The number of aryl methyl sites for hydroxylation is 1. The first-order valence-electron chi connectivity index (χ1n) is 8.24. The summed E-state index contributed by atoms with van der Waals surface area (Å²) in [5.41, 5.74) is 3.75. The van der Waals surface area contributed by atoms with Crippen LogP contribution in [0.3, 0.4) is 0 Å². The highest BCUT2D eigenvalue weighted by atomic mass is 19.1. The Balaban J connectivity index is 1.95. The molecule has 0 saturated heterocycles. The van der Waals surface area contributed by atoms with Crippen LogP contribution in [0.2, 0.25) is 0 Å². The largest absolute Gasteiger partial charge is 0.354 e. The van der Waals surface area contributed by atoms with Crippen LogP contribution >= 0.6 is 0 Å². The Kier molecular flexibility index (Phi) is 6.28. The van der Waals surface area contributed by atoms with Gasteiger partial charge in [0.05, 0.1) is 0 Å². The van der Waals surface area contributed by atoms with E-state index in [0.717, 1.165) is 22.4 Å². The van der Waals surface area contributed by atoms with E-state index in [-0.39, 0.29) is 24.2 Å². The van der Waals surface area contributed by atoms with Gasteiger partial charge < -0.3 is 10.2 Å². The molecule has 5 heteroatoms. The predicted molar refractivity (Wildman–Crippen MR) is 97.1 cm³/mol. The molecular formula is C20H23FN2O2. The first-order valence-corrected chi connectivity index (χ1v) is 8.24. The van der Waals surface area contributed by atoms with Gasteiger partial charge in [0, 0.05) is 19.2 Å². The molecule has 2 rings (SSSR count). The van der Waals surface area contributed by atoms with Gasteiger partial charge in [0.1, 0.15) is 12.4 Å². The molecule has 0 saturated carbocycles. The molecule has 0 atom stereocenters. The number of anilines is 1. The maximum atomic E-state index is 12.9. The van der Waals surface area contributed by atoms with Gasteiger partial charge >= 0.3 is 0 Å². The lowest BCUT2D eigenvalue weighted by Gasteiger charge is -2.23. The fourth-order valence-corrected chi connectivity index (χ4v) is 2.59. The Morgan fingerprint density at radius 2 is 1.76 bits per heavy atom. The van der Waals surface area contributed by atoms with Gasteiger partial charge in [0.2, 0.25) is 11.8 Å². The number of nitrogens with one attached hydrogen (secondary N) is 1. The monoisotopic (exact) mass is 342 g/mol. The molecule has 25 heavy (non-hydrogen) atoms. The van der Waals surface area contributed by atoms with Gasteiger partial charge in [-0.1, -0.05) is 24.3 Å². The van der Waals surface area contributed by atoms with Crippen molar-refractivity contribution in [2.75, 3.05) is 18.0 Å². The Morgan fingerprint density at radius 3 is 2.40 bits per heavy atom. The van der Waals surface area contributed by atoms with E-state index in [1.165, 1.54) is 24.0 Å². The standard InChI is InChI=1S/C20H23FN2O2/c1-14-5-4-6-19(15(14)2)23(16(3)24)13-20(25)22-12-11-17-7-9-18(21)10-8-17/h4-10H,11-13H2,1-3H3,(H,22,25). The smallest absolute Gasteiger partial charge is 0.240 e. The maximum Gasteiger partial charge on any atom is 0.240 e. The summed E-state index contributed by atoms with van der Waals surface area (Å²) in [6.45, 7) is 5.77. The second kappa shape index (κ2) is 8.42. The fourth-order valence-electron chi connectivity index (χ4n) is 2.59. The minimum absolute atomic E-state index is 0.0248. The van der Waals surface area contributed by atoms with Crippen LogP contribution in [-0.2, 0) is 16.0 Å². The van der Waals surface area contributed by atoms with E-state index in [9.17, 15) is 14.0 Å². The number of halogens is 1. The second-order valence-electron chi connectivity index (χ2n) is 6.05. The number of hydrogen-bond acceptors (Lipinski definition) is 2. The van der Waals surface area contributed by atoms with Crippen molar-refractivity contribution >= 4 is 17.5 Å². The number of carbonyl (C=O) groups is 2. The molecule has 4 nitrogen and oxygen atoms in total. The molecule has 0 fully saturated rings. The topological polar surface area (TPSA) is 49.4 Å². The lowest BCUT2D eigenvalue weighted by atomic mass is 10.1. The minimum atomic E-state index is -0.279. The van der Waals surface area contributed by atoms with E-state index < -0.39 is 0 Å². The first-order chi connectivity index (χ1) is 11.9. The molecule has 0 aliphatic heterocycles. The van der Waals surface area contributed by atoms with E-state index in [1.807, 2.05) is 32.0 Å². The van der Waals surface area contributed by atoms with Crippen molar-refractivity contribution in [3.8, 4) is 0 Å². The van der Waals surface area contributed by atoms with Gasteiger partial charge in [0.15, 0.2) is 0 Å². The van der Waals surface area contributed by atoms with Crippen molar-refractivity contribution < 1.29 is 14.0 Å². The Hall–Kier alpha value is -2.69. The molecule has 0 aliphatic rings. The Morgan fingerprint density at radius 1 is 1.08 bits per heavy atom. The van der Waals surface area contributed by atoms with E-state index in [1.54, 1.807) is 12.1 Å². The van der Waals surface area contributed by atoms with E-state index in [2.05, 4.69) is 5.32 Å². The van der Waals surface area contributed by atoms with Crippen LogP contribution in [0.1, 0.15) is 23.6 Å². The van der Waals surface area contributed by atoms with Crippen LogP contribution in [0.25, 0.3) is 0 Å². The molecule has 0 spiro atoms. The highest BCUT2D eigenvalue weighted by molar-refractivity contribution is 5.98. The van der Waals surface area contributed by atoms with Gasteiger partial charge in [-0.2, -0.15) is 0 Å². The summed E-state index contributed by atoms with van der Waals surface area (Å²) in [5, 5.41) is 2.81. The molecule has 0 aliphatic carbocycles. The number of amides is 2. The SMILES string of the molecule is CC(=O)N(CC(=O)NCCc1ccc(F)cc1)c1cccc(C)c1C. The van der Waals surface area contributed by atoms with Crippen molar-refractivity contribution in [1.29, 1.82) is 0 Å². The highest BCUT2D eigenvalue weighted by Crippen LogP contribution is 2.22. The lowest BCUT2D eigenvalue weighted by molar-refractivity contribution is -0.123. The minimum Gasteiger partial charge on any atom is -0.354 e. The summed E-state index contributed by atoms with van der Waals surface area (Å²) in [6.07, 6.45) is 0.607. The zero-order valence-electron chi connectivity index (χ0n) is 14.8. The number of benzene rings is 2. The third-order valence-electron chi connectivity index (χ3n) is 4.20. The summed E-state index contributed by atoms with van der Waals surface area (Å²) < 4.78 is 12.9. The fraction of sp³-hybridized carbons (Fsp3) is 0.300. The van der Waals surface area contributed by atoms with E-state index >= 15 is 0 Å². The average molecular weight is 342 g/mol. The molecule has 0 heterocycles. The third-order valence-corrected chi connectivity index (χ3v) is 4.20. The summed E-state index contributed by atoms with van der Waals surface area (Å²) in [6, 6.07) is 11.9. The zero-order valence-corrected chi connectivity index (χ0v) is 14.8.